The van der Waals surface area contributed by atoms with Gasteiger partial charge in [0.15, 0.2) is 0 Å². The van der Waals surface area contributed by atoms with E-state index in [0.29, 0.717) is 46.2 Å². The second-order valence-corrected chi connectivity index (χ2v) is 10.4. The topological polar surface area (TPSA) is 133 Å². The molecule has 2 aromatic heterocycles. The smallest absolute Gasteiger partial charge is 0.249 e. The molecule has 12 nitrogen and oxygen atoms in total. The number of carbonyl (C=O) groups excluding carboxylic acids is 2. The minimum absolute atomic E-state index is 0.140. The van der Waals surface area contributed by atoms with Crippen LogP contribution in [0.2, 0.25) is 0 Å². The molecule has 3 aromatic carbocycles. The summed E-state index contributed by atoms with van der Waals surface area (Å²) in [5.41, 5.74) is 4.13. The van der Waals surface area contributed by atoms with Crippen LogP contribution in [0.25, 0.3) is 16.7 Å². The summed E-state index contributed by atoms with van der Waals surface area (Å²) in [5.74, 6) is 0.184. The first kappa shape index (κ1) is 28.4. The van der Waals surface area contributed by atoms with E-state index in [1.807, 2.05) is 55.5 Å². The predicted octanol–water partition coefficient (Wildman–Crippen LogP) is 3.66. The van der Waals surface area contributed by atoms with E-state index in [1.54, 1.807) is 22.9 Å². The Balaban J connectivity index is 1.61. The third kappa shape index (κ3) is 6.12. The van der Waals surface area contributed by atoms with Crippen molar-refractivity contribution in [2.75, 3.05) is 18.6 Å². The lowest BCUT2D eigenvalue weighted by Crippen LogP contribution is -2.45. The average Bonchev–Trinajstić information content (AvgIpc) is 3.67. The van der Waals surface area contributed by atoms with Crippen molar-refractivity contribution >= 4 is 28.5 Å². The van der Waals surface area contributed by atoms with Crippen LogP contribution in [0.3, 0.4) is 0 Å². The average molecular weight is 568 g/mol. The van der Waals surface area contributed by atoms with E-state index in [9.17, 15) is 9.59 Å². The summed E-state index contributed by atoms with van der Waals surface area (Å²) in [6.07, 6.45) is 2.26. The summed E-state index contributed by atoms with van der Waals surface area (Å²) in [5, 5.41) is 22.9. The van der Waals surface area contributed by atoms with Crippen molar-refractivity contribution in [1.82, 2.24) is 40.5 Å². The zero-order chi connectivity index (χ0) is 29.6. The van der Waals surface area contributed by atoms with Gasteiger partial charge in [0, 0.05) is 18.3 Å². The molecule has 1 unspecified atom stereocenters. The van der Waals surface area contributed by atoms with Crippen molar-refractivity contribution in [1.29, 1.82) is 0 Å². The fourth-order valence-corrected chi connectivity index (χ4v) is 4.70. The second kappa shape index (κ2) is 12.6. The highest BCUT2D eigenvalue weighted by Gasteiger charge is 2.34. The highest BCUT2D eigenvalue weighted by Crippen LogP contribution is 2.34. The summed E-state index contributed by atoms with van der Waals surface area (Å²) in [7, 11) is 1.52. The third-order valence-corrected chi connectivity index (χ3v) is 6.93. The summed E-state index contributed by atoms with van der Waals surface area (Å²) < 4.78 is 8.68. The number of rotatable bonds is 11. The number of methoxy groups -OCH3 is 1. The van der Waals surface area contributed by atoms with Gasteiger partial charge in [0.2, 0.25) is 11.8 Å². The summed E-state index contributed by atoms with van der Waals surface area (Å²) in [6, 6.07) is 19.3. The zero-order valence-electron chi connectivity index (χ0n) is 24.0. The van der Waals surface area contributed by atoms with E-state index in [-0.39, 0.29) is 18.4 Å². The van der Waals surface area contributed by atoms with E-state index in [0.717, 1.165) is 12.0 Å². The van der Waals surface area contributed by atoms with Crippen LogP contribution in [-0.4, -0.2) is 60.7 Å². The number of anilines is 1. The fourth-order valence-electron chi connectivity index (χ4n) is 4.70. The van der Waals surface area contributed by atoms with Gasteiger partial charge in [-0.2, -0.15) is 4.68 Å². The van der Waals surface area contributed by atoms with Gasteiger partial charge in [0.05, 0.1) is 12.6 Å². The Labute approximate surface area is 243 Å². The Morgan fingerprint density at radius 3 is 2.52 bits per heavy atom. The lowest BCUT2D eigenvalue weighted by molar-refractivity contribution is -0.127. The molecule has 1 atom stereocenters. The number of carbonyl (C=O) groups is 2. The Bertz CT molecular complexity index is 1660. The quantitative estimate of drug-likeness (QED) is 0.256. The van der Waals surface area contributed by atoms with Gasteiger partial charge in [-0.05, 0) is 59.5 Å². The van der Waals surface area contributed by atoms with Gasteiger partial charge in [0.1, 0.15) is 35.9 Å². The molecule has 0 saturated heterocycles. The number of aromatic nitrogens is 7. The molecule has 0 saturated carbocycles. The lowest BCUT2D eigenvalue weighted by Gasteiger charge is -2.32. The summed E-state index contributed by atoms with van der Waals surface area (Å²) in [6.45, 7) is 6.51. The van der Waals surface area contributed by atoms with Crippen molar-refractivity contribution < 1.29 is 14.3 Å². The van der Waals surface area contributed by atoms with E-state index < -0.39 is 6.04 Å². The van der Waals surface area contributed by atoms with Gasteiger partial charge in [-0.25, -0.2) is 4.68 Å². The first-order chi connectivity index (χ1) is 20.4. The molecule has 0 fully saturated rings. The molecule has 0 aliphatic heterocycles. The molecular formula is C30H33N9O3. The number of para-hydroxylation sites is 1. The lowest BCUT2D eigenvalue weighted by atomic mass is 10.0. The Kier molecular flexibility index (Phi) is 8.51. The summed E-state index contributed by atoms with van der Waals surface area (Å²) >= 11 is 0. The minimum Gasteiger partial charge on any atom is -0.494 e. The molecule has 1 N–H and O–H groups in total. The maximum Gasteiger partial charge on any atom is 0.249 e. The standard InChI is InChI=1S/C30H33N9O3/c1-20(2)15-16-31-30(41)29(22-11-9-21(3)10-12-22)39(28(40)18-37-25-8-6-5-7-24(25)33-35-37)23-13-14-26(27(17-23)42-4)38-19-32-34-36-38/h5-14,17,19-20,29H,15-16,18H2,1-4H3,(H,31,41). The number of tetrazole rings is 1. The largest absolute Gasteiger partial charge is 0.494 e. The van der Waals surface area contributed by atoms with Gasteiger partial charge in [-0.1, -0.05) is 61.0 Å². The molecule has 5 rings (SSSR count). The van der Waals surface area contributed by atoms with E-state index in [2.05, 4.69) is 45.0 Å². The molecule has 0 bridgehead atoms. The molecule has 0 radical (unpaired) electrons. The molecule has 216 valence electrons. The van der Waals surface area contributed by atoms with Crippen molar-refractivity contribution in [2.24, 2.45) is 5.92 Å². The van der Waals surface area contributed by atoms with Crippen LogP contribution in [0.15, 0.2) is 73.1 Å². The Hall–Kier alpha value is -5.13. The van der Waals surface area contributed by atoms with Gasteiger partial charge < -0.3 is 10.1 Å². The molecular weight excluding hydrogens is 534 g/mol. The number of benzene rings is 3. The van der Waals surface area contributed by atoms with E-state index >= 15 is 0 Å². The number of hydrogen-bond donors (Lipinski definition) is 1. The van der Waals surface area contributed by atoms with Crippen LogP contribution in [-0.2, 0) is 16.1 Å². The van der Waals surface area contributed by atoms with Gasteiger partial charge >= 0.3 is 0 Å². The minimum atomic E-state index is -0.969. The molecule has 0 aliphatic rings. The predicted molar refractivity (Wildman–Crippen MR) is 157 cm³/mol. The van der Waals surface area contributed by atoms with Crippen molar-refractivity contribution in [3.05, 3.63) is 84.2 Å². The van der Waals surface area contributed by atoms with Crippen molar-refractivity contribution in [3.8, 4) is 11.4 Å². The van der Waals surface area contributed by atoms with Crippen molar-refractivity contribution in [3.63, 3.8) is 0 Å². The Morgan fingerprint density at radius 2 is 1.81 bits per heavy atom. The van der Waals surface area contributed by atoms with E-state index in [1.165, 1.54) is 23.0 Å². The highest BCUT2D eigenvalue weighted by atomic mass is 16.5. The maximum absolute atomic E-state index is 14.3. The van der Waals surface area contributed by atoms with Crippen LogP contribution >= 0.6 is 0 Å². The molecule has 12 heteroatoms. The van der Waals surface area contributed by atoms with Gasteiger partial charge in [-0.15, -0.1) is 10.2 Å². The first-order valence-electron chi connectivity index (χ1n) is 13.7. The molecule has 5 aromatic rings. The summed E-state index contributed by atoms with van der Waals surface area (Å²) in [4.78, 5) is 29.8. The van der Waals surface area contributed by atoms with E-state index in [4.69, 9.17) is 4.74 Å². The van der Waals surface area contributed by atoms with Gasteiger partial charge in [-0.3, -0.25) is 14.5 Å². The third-order valence-electron chi connectivity index (χ3n) is 6.93. The number of hydrogen-bond acceptors (Lipinski definition) is 8. The number of fused-ring (bicyclic) bond motifs is 1. The highest BCUT2D eigenvalue weighted by molar-refractivity contribution is 6.01. The molecule has 0 spiro atoms. The second-order valence-electron chi connectivity index (χ2n) is 10.4. The Morgan fingerprint density at radius 1 is 1.02 bits per heavy atom. The van der Waals surface area contributed by atoms with Crippen LogP contribution < -0.4 is 15.0 Å². The maximum atomic E-state index is 14.3. The van der Waals surface area contributed by atoms with Crippen LogP contribution in [0.4, 0.5) is 5.69 Å². The number of amides is 2. The SMILES string of the molecule is COc1cc(N(C(=O)Cn2nnc3ccccc32)C(C(=O)NCCC(C)C)c2ccc(C)cc2)ccc1-n1cnnn1. The van der Waals surface area contributed by atoms with Crippen molar-refractivity contribution in [2.45, 2.75) is 39.8 Å². The molecule has 2 heterocycles. The molecule has 42 heavy (non-hydrogen) atoms. The normalized spacial score (nSPS) is 11.9. The number of nitrogens with one attached hydrogen (secondary N) is 1. The molecule has 0 aliphatic carbocycles. The number of nitrogens with zero attached hydrogens (tertiary/aromatic N) is 8. The van der Waals surface area contributed by atoms with Crippen LogP contribution in [0, 0.1) is 12.8 Å². The monoisotopic (exact) mass is 567 g/mol. The first-order valence-corrected chi connectivity index (χ1v) is 13.7. The number of ether oxygens (including phenoxy) is 1. The van der Waals surface area contributed by atoms with Crippen LogP contribution in [0.5, 0.6) is 5.75 Å². The zero-order valence-corrected chi connectivity index (χ0v) is 24.0. The molecule has 2 amide bonds. The fraction of sp³-hybridized carbons (Fsp3) is 0.300. The van der Waals surface area contributed by atoms with Crippen LogP contribution in [0.1, 0.15) is 37.4 Å². The number of aryl methyl sites for hydroxylation is 1. The van der Waals surface area contributed by atoms with Gasteiger partial charge in [0.25, 0.3) is 0 Å².